The lowest BCUT2D eigenvalue weighted by Crippen LogP contribution is -2.44. The van der Waals surface area contributed by atoms with Gasteiger partial charge in [-0.1, -0.05) is 5.92 Å². The molecule has 0 aliphatic carbocycles. The fourth-order valence-electron chi connectivity index (χ4n) is 4.01. The Balaban J connectivity index is 1.43. The topological polar surface area (TPSA) is 56.7 Å². The van der Waals surface area contributed by atoms with Crippen LogP contribution in [0.15, 0.2) is 18.2 Å². The van der Waals surface area contributed by atoms with Gasteiger partial charge in [-0.3, -0.25) is 9.88 Å². The quantitative estimate of drug-likeness (QED) is 0.704. The molecule has 2 atom stereocenters. The highest BCUT2D eigenvalue weighted by Crippen LogP contribution is 2.31. The van der Waals surface area contributed by atoms with E-state index in [1.807, 2.05) is 26.0 Å². The van der Waals surface area contributed by atoms with Crippen molar-refractivity contribution in [3.8, 4) is 29.7 Å². The second kappa shape index (κ2) is 8.88. The number of fused-ring (bicyclic) bond motifs is 1. The van der Waals surface area contributed by atoms with Crippen molar-refractivity contribution in [2.45, 2.75) is 39.3 Å². The van der Waals surface area contributed by atoms with Crippen LogP contribution in [0.1, 0.15) is 29.9 Å². The minimum Gasteiger partial charge on any atom is -0.493 e. The minimum absolute atomic E-state index is 0.0546. The normalized spacial score (nSPS) is 21.1. The van der Waals surface area contributed by atoms with Crippen LogP contribution in [0.25, 0.3) is 0 Å². The first kappa shape index (κ1) is 20.4. The van der Waals surface area contributed by atoms with Crippen LogP contribution in [-0.4, -0.2) is 47.3 Å². The molecule has 1 saturated heterocycles. The Morgan fingerprint density at radius 3 is 2.70 bits per heavy atom. The molecule has 2 aliphatic heterocycles. The summed E-state index contributed by atoms with van der Waals surface area (Å²) in [5.41, 5.74) is 2.19. The number of aromatic nitrogens is 2. The Labute approximate surface area is 176 Å². The highest BCUT2D eigenvalue weighted by atomic mass is 19.1. The van der Waals surface area contributed by atoms with Gasteiger partial charge >= 0.3 is 0 Å². The number of halogens is 1. The number of aryl methyl sites for hydroxylation is 2. The molecule has 0 spiro atoms. The van der Waals surface area contributed by atoms with Gasteiger partial charge in [0.1, 0.15) is 24.8 Å². The fourth-order valence-corrected chi connectivity index (χ4v) is 4.01. The van der Waals surface area contributed by atoms with Crippen molar-refractivity contribution < 1.29 is 18.6 Å². The summed E-state index contributed by atoms with van der Waals surface area (Å²) in [5, 5.41) is 0. The molecule has 0 amide bonds. The summed E-state index contributed by atoms with van der Waals surface area (Å²) in [7, 11) is 0. The maximum Gasteiger partial charge on any atom is 0.257 e. The standard InChI is InChI=1S/C23H26FN3O3/c1-4-18-6-5-17(14-30-19-9-15(2)25-16(3)10-19)12-27(18)13-21-20(24)11-22-23(26-21)29-8-7-28-22/h1,9-11,17-18H,5-8,12-14H2,2-3H3/t17-,18-/m1/s1. The van der Waals surface area contributed by atoms with E-state index in [1.165, 1.54) is 6.07 Å². The van der Waals surface area contributed by atoms with E-state index in [1.54, 1.807) is 0 Å². The molecule has 4 rings (SSSR count). The number of hydrogen-bond acceptors (Lipinski definition) is 6. The molecular weight excluding hydrogens is 385 g/mol. The largest absolute Gasteiger partial charge is 0.493 e. The molecule has 0 aromatic carbocycles. The average Bonchev–Trinajstić information content (AvgIpc) is 2.72. The number of ether oxygens (including phenoxy) is 3. The predicted octanol–water partition coefficient (Wildman–Crippen LogP) is 3.30. The van der Waals surface area contributed by atoms with Gasteiger partial charge in [-0.2, -0.15) is 0 Å². The summed E-state index contributed by atoms with van der Waals surface area (Å²) < 4.78 is 31.5. The number of hydrogen-bond donors (Lipinski definition) is 0. The second-order valence-electron chi connectivity index (χ2n) is 7.87. The van der Waals surface area contributed by atoms with E-state index in [0.717, 1.165) is 30.0 Å². The third-order valence-corrected chi connectivity index (χ3v) is 5.43. The Morgan fingerprint density at radius 1 is 1.17 bits per heavy atom. The van der Waals surface area contributed by atoms with Crippen LogP contribution in [0.5, 0.6) is 17.4 Å². The van der Waals surface area contributed by atoms with Gasteiger partial charge in [-0.25, -0.2) is 9.37 Å². The van der Waals surface area contributed by atoms with Gasteiger partial charge in [0.05, 0.1) is 18.3 Å². The molecular formula is C23H26FN3O3. The molecule has 0 saturated carbocycles. The maximum atomic E-state index is 14.6. The Hall–Kier alpha value is -2.85. The number of nitrogens with zero attached hydrogens (tertiary/aromatic N) is 3. The van der Waals surface area contributed by atoms with E-state index < -0.39 is 5.82 Å². The van der Waals surface area contributed by atoms with E-state index in [4.69, 9.17) is 20.6 Å². The van der Waals surface area contributed by atoms with Gasteiger partial charge in [-0.15, -0.1) is 6.42 Å². The molecule has 2 aliphatic rings. The van der Waals surface area contributed by atoms with E-state index in [9.17, 15) is 4.39 Å². The molecule has 4 heterocycles. The third-order valence-electron chi connectivity index (χ3n) is 5.43. The van der Waals surface area contributed by atoms with Crippen molar-refractivity contribution >= 4 is 0 Å². The van der Waals surface area contributed by atoms with Crippen LogP contribution in [0.2, 0.25) is 0 Å². The van der Waals surface area contributed by atoms with Crippen LogP contribution in [-0.2, 0) is 6.54 Å². The van der Waals surface area contributed by atoms with Gasteiger partial charge in [0.15, 0.2) is 5.75 Å². The highest BCUT2D eigenvalue weighted by molar-refractivity contribution is 5.37. The van der Waals surface area contributed by atoms with Gasteiger partial charge in [0.25, 0.3) is 5.88 Å². The first-order valence-electron chi connectivity index (χ1n) is 10.2. The Bertz CT molecular complexity index is 939. The molecule has 2 aromatic rings. The van der Waals surface area contributed by atoms with Crippen LogP contribution in [0, 0.1) is 37.9 Å². The van der Waals surface area contributed by atoms with Crippen molar-refractivity contribution in [3.63, 3.8) is 0 Å². The summed E-state index contributed by atoms with van der Waals surface area (Å²) >= 11 is 0. The molecule has 7 heteroatoms. The van der Waals surface area contributed by atoms with Crippen molar-refractivity contribution in [3.05, 3.63) is 41.1 Å². The Morgan fingerprint density at radius 2 is 1.93 bits per heavy atom. The molecule has 158 valence electrons. The first-order chi connectivity index (χ1) is 14.5. The zero-order chi connectivity index (χ0) is 21.1. The molecule has 0 bridgehead atoms. The zero-order valence-corrected chi connectivity index (χ0v) is 17.4. The summed E-state index contributed by atoms with van der Waals surface area (Å²) in [4.78, 5) is 10.8. The molecule has 6 nitrogen and oxygen atoms in total. The van der Waals surface area contributed by atoms with Crippen LogP contribution in [0.4, 0.5) is 4.39 Å². The summed E-state index contributed by atoms with van der Waals surface area (Å²) in [6, 6.07) is 5.17. The van der Waals surface area contributed by atoms with Crippen LogP contribution < -0.4 is 14.2 Å². The number of terminal acetylenes is 1. The van der Waals surface area contributed by atoms with Gasteiger partial charge in [-0.05, 0) is 26.7 Å². The van der Waals surface area contributed by atoms with E-state index >= 15 is 0 Å². The molecule has 0 unspecified atom stereocenters. The minimum atomic E-state index is -0.406. The number of piperidine rings is 1. The molecule has 2 aromatic heterocycles. The van der Waals surface area contributed by atoms with Crippen LogP contribution >= 0.6 is 0 Å². The SMILES string of the molecule is C#C[C@@H]1CC[C@@H](COc2cc(C)nc(C)c2)CN1Cc1nc2c(cc1F)OCCO2. The number of pyridine rings is 2. The maximum absolute atomic E-state index is 14.6. The molecule has 30 heavy (non-hydrogen) atoms. The lowest BCUT2D eigenvalue weighted by Gasteiger charge is -2.37. The second-order valence-corrected chi connectivity index (χ2v) is 7.87. The highest BCUT2D eigenvalue weighted by Gasteiger charge is 2.29. The predicted molar refractivity (Wildman–Crippen MR) is 110 cm³/mol. The van der Waals surface area contributed by atoms with Gasteiger partial charge in [0, 0.05) is 48.6 Å². The Kier molecular flexibility index (Phi) is 6.05. The third kappa shape index (κ3) is 4.65. The van der Waals surface area contributed by atoms with E-state index in [-0.39, 0.29) is 6.04 Å². The van der Waals surface area contributed by atoms with Crippen molar-refractivity contribution in [2.24, 2.45) is 5.92 Å². The van der Waals surface area contributed by atoms with Crippen molar-refractivity contribution in [1.29, 1.82) is 0 Å². The lowest BCUT2D eigenvalue weighted by atomic mass is 9.93. The average molecular weight is 411 g/mol. The summed E-state index contributed by atoms with van der Waals surface area (Å²) in [5.74, 6) is 4.24. The zero-order valence-electron chi connectivity index (χ0n) is 17.4. The monoisotopic (exact) mass is 411 g/mol. The summed E-state index contributed by atoms with van der Waals surface area (Å²) in [6.07, 6.45) is 7.55. The number of rotatable bonds is 5. The van der Waals surface area contributed by atoms with Crippen molar-refractivity contribution in [2.75, 3.05) is 26.4 Å². The van der Waals surface area contributed by atoms with Crippen molar-refractivity contribution in [1.82, 2.24) is 14.9 Å². The van der Waals surface area contributed by atoms with Crippen LogP contribution in [0.3, 0.4) is 0 Å². The van der Waals surface area contributed by atoms with Gasteiger partial charge in [0.2, 0.25) is 0 Å². The molecule has 1 fully saturated rings. The smallest absolute Gasteiger partial charge is 0.257 e. The lowest BCUT2D eigenvalue weighted by molar-refractivity contribution is 0.0963. The summed E-state index contributed by atoms with van der Waals surface area (Å²) in [6.45, 7) is 6.33. The fraction of sp³-hybridized carbons (Fsp3) is 0.478. The first-order valence-corrected chi connectivity index (χ1v) is 10.2. The molecule has 0 radical (unpaired) electrons. The number of likely N-dealkylation sites (tertiary alicyclic amines) is 1. The molecule has 0 N–H and O–H groups in total. The van der Waals surface area contributed by atoms with E-state index in [0.29, 0.717) is 56.2 Å². The van der Waals surface area contributed by atoms with E-state index in [2.05, 4.69) is 20.8 Å². The van der Waals surface area contributed by atoms with Gasteiger partial charge < -0.3 is 14.2 Å².